The van der Waals surface area contributed by atoms with Crippen molar-refractivity contribution in [3.05, 3.63) is 46.6 Å². The summed E-state index contributed by atoms with van der Waals surface area (Å²) in [6.45, 7) is 4.62. The summed E-state index contributed by atoms with van der Waals surface area (Å²) >= 11 is 6.34. The molecule has 0 radical (unpaired) electrons. The number of aliphatic imine (C=N–C) groups is 1. The third kappa shape index (κ3) is 5.09. The van der Waals surface area contributed by atoms with Crippen molar-refractivity contribution in [2.45, 2.75) is 20.0 Å². The Morgan fingerprint density at radius 2 is 2.04 bits per heavy atom. The maximum Gasteiger partial charge on any atom is 0.433 e. The zero-order chi connectivity index (χ0) is 18.6. The van der Waals surface area contributed by atoms with E-state index in [1.165, 1.54) is 12.1 Å². The Morgan fingerprint density at radius 3 is 2.68 bits per heavy atom. The number of alkyl halides is 3. The van der Waals surface area contributed by atoms with Crippen molar-refractivity contribution in [2.75, 3.05) is 18.9 Å². The van der Waals surface area contributed by atoms with Crippen LogP contribution in [0, 0.1) is 6.92 Å². The summed E-state index contributed by atoms with van der Waals surface area (Å²) < 4.78 is 38.4. The van der Waals surface area contributed by atoms with Crippen LogP contribution in [0.4, 0.5) is 30.4 Å². The second kappa shape index (κ2) is 7.74. The van der Waals surface area contributed by atoms with Crippen molar-refractivity contribution in [1.29, 1.82) is 0 Å². The van der Waals surface area contributed by atoms with Crippen molar-refractivity contribution in [2.24, 2.45) is 4.99 Å². The van der Waals surface area contributed by atoms with Gasteiger partial charge in [0.1, 0.15) is 11.5 Å². The quantitative estimate of drug-likeness (QED) is 0.564. The SMILES string of the molecule is CCN(C)/C=N\c1cc(C)cc(Nc2cccc(C(F)(F)F)n2)c1Cl. The van der Waals surface area contributed by atoms with Crippen LogP contribution in [0.3, 0.4) is 0 Å². The number of nitrogens with one attached hydrogen (secondary N) is 1. The molecule has 0 spiro atoms. The monoisotopic (exact) mass is 370 g/mol. The molecule has 2 aromatic rings. The first-order valence-electron chi connectivity index (χ1n) is 7.56. The second-order valence-electron chi connectivity index (χ2n) is 5.49. The third-order valence-electron chi connectivity index (χ3n) is 3.39. The Labute approximate surface area is 149 Å². The first kappa shape index (κ1) is 19.1. The largest absolute Gasteiger partial charge is 0.433 e. The van der Waals surface area contributed by atoms with Gasteiger partial charge in [-0.05, 0) is 43.7 Å². The van der Waals surface area contributed by atoms with Gasteiger partial charge < -0.3 is 10.2 Å². The molecule has 25 heavy (non-hydrogen) atoms. The van der Waals surface area contributed by atoms with Gasteiger partial charge in [-0.25, -0.2) is 9.98 Å². The van der Waals surface area contributed by atoms with E-state index in [0.29, 0.717) is 16.4 Å². The van der Waals surface area contributed by atoms with E-state index in [9.17, 15) is 13.2 Å². The molecule has 0 aliphatic rings. The summed E-state index contributed by atoms with van der Waals surface area (Å²) in [5.41, 5.74) is 0.866. The molecule has 1 N–H and O–H groups in total. The van der Waals surface area contributed by atoms with Gasteiger partial charge in [-0.15, -0.1) is 0 Å². The van der Waals surface area contributed by atoms with Gasteiger partial charge in [-0.2, -0.15) is 13.2 Å². The first-order valence-corrected chi connectivity index (χ1v) is 7.94. The molecule has 8 heteroatoms. The highest BCUT2D eigenvalue weighted by atomic mass is 35.5. The Hall–Kier alpha value is -2.28. The van der Waals surface area contributed by atoms with Crippen LogP contribution < -0.4 is 5.32 Å². The molecule has 0 atom stereocenters. The van der Waals surface area contributed by atoms with Crippen molar-refractivity contribution in [3.8, 4) is 0 Å². The number of benzene rings is 1. The Bertz CT molecular complexity index is 775. The van der Waals surface area contributed by atoms with Crippen molar-refractivity contribution >= 4 is 35.1 Å². The molecule has 1 aromatic carbocycles. The van der Waals surface area contributed by atoms with Crippen LogP contribution in [0.2, 0.25) is 5.02 Å². The highest BCUT2D eigenvalue weighted by Crippen LogP contribution is 2.36. The molecule has 134 valence electrons. The standard InChI is InChI=1S/C17H18ClF3N4/c1-4-25(3)10-22-12-8-11(2)9-13(16(12)18)23-15-7-5-6-14(24-15)17(19,20)21/h5-10H,4H2,1-3H3,(H,23,24)/b22-10-. The fourth-order valence-corrected chi connectivity index (χ4v) is 2.18. The lowest BCUT2D eigenvalue weighted by Gasteiger charge is -2.13. The molecule has 0 bridgehead atoms. The molecule has 4 nitrogen and oxygen atoms in total. The molecular weight excluding hydrogens is 353 g/mol. The summed E-state index contributed by atoms with van der Waals surface area (Å²) in [4.78, 5) is 9.79. The maximum atomic E-state index is 12.8. The van der Waals surface area contributed by atoms with Crippen LogP contribution in [0.25, 0.3) is 0 Å². The molecule has 1 aromatic heterocycles. The van der Waals surface area contributed by atoms with Crippen LogP contribution in [0.5, 0.6) is 0 Å². The molecule has 0 aliphatic heterocycles. The highest BCUT2D eigenvalue weighted by Gasteiger charge is 2.32. The molecule has 2 rings (SSSR count). The number of hydrogen-bond acceptors (Lipinski definition) is 3. The second-order valence-corrected chi connectivity index (χ2v) is 5.87. The van der Waals surface area contributed by atoms with E-state index < -0.39 is 11.9 Å². The Balaban J connectivity index is 2.34. The fourth-order valence-electron chi connectivity index (χ4n) is 1.98. The topological polar surface area (TPSA) is 40.5 Å². The van der Waals surface area contributed by atoms with Gasteiger partial charge in [0.25, 0.3) is 0 Å². The lowest BCUT2D eigenvalue weighted by molar-refractivity contribution is -0.141. The molecule has 1 heterocycles. The maximum absolute atomic E-state index is 12.8. The predicted octanol–water partition coefficient (Wildman–Crippen LogP) is 5.42. The lowest BCUT2D eigenvalue weighted by Crippen LogP contribution is -2.14. The zero-order valence-electron chi connectivity index (χ0n) is 14.0. The average Bonchev–Trinajstić information content (AvgIpc) is 2.55. The number of anilines is 2. The van der Waals surface area contributed by atoms with Crippen molar-refractivity contribution in [3.63, 3.8) is 0 Å². The van der Waals surface area contributed by atoms with Gasteiger partial charge in [0.15, 0.2) is 0 Å². The van der Waals surface area contributed by atoms with Gasteiger partial charge >= 0.3 is 6.18 Å². The van der Waals surface area contributed by atoms with Gasteiger partial charge in [0, 0.05) is 13.6 Å². The van der Waals surface area contributed by atoms with Gasteiger partial charge in [-0.3, -0.25) is 0 Å². The van der Waals surface area contributed by atoms with Gasteiger partial charge in [-0.1, -0.05) is 17.7 Å². The third-order valence-corrected chi connectivity index (χ3v) is 3.79. The number of aromatic nitrogens is 1. The molecule has 0 amide bonds. The Kier molecular flexibility index (Phi) is 5.89. The summed E-state index contributed by atoms with van der Waals surface area (Å²) in [6.07, 6.45) is -2.86. The Morgan fingerprint density at radius 1 is 1.32 bits per heavy atom. The molecular formula is C17H18ClF3N4. The van der Waals surface area contributed by atoms with E-state index in [4.69, 9.17) is 11.6 Å². The van der Waals surface area contributed by atoms with Gasteiger partial charge in [0.2, 0.25) is 0 Å². The minimum Gasteiger partial charge on any atom is -0.366 e. The smallest absolute Gasteiger partial charge is 0.366 e. The molecule has 0 saturated heterocycles. The molecule has 0 aliphatic carbocycles. The number of pyridine rings is 1. The minimum atomic E-state index is -4.51. The van der Waals surface area contributed by atoms with Gasteiger partial charge in [0.05, 0.1) is 22.7 Å². The molecule has 0 saturated carbocycles. The van der Waals surface area contributed by atoms with E-state index in [1.807, 2.05) is 25.8 Å². The van der Waals surface area contributed by atoms with Crippen molar-refractivity contribution < 1.29 is 13.2 Å². The minimum absolute atomic E-state index is 0.0583. The van der Waals surface area contributed by atoms with Crippen LogP contribution in [0.15, 0.2) is 35.3 Å². The average molecular weight is 371 g/mol. The molecule has 0 fully saturated rings. The number of hydrogen-bond donors (Lipinski definition) is 1. The van der Waals surface area contributed by atoms with E-state index >= 15 is 0 Å². The number of halogens is 4. The van der Waals surface area contributed by atoms with Crippen LogP contribution in [0.1, 0.15) is 18.2 Å². The first-order chi connectivity index (χ1) is 11.7. The molecule has 0 unspecified atom stereocenters. The summed E-state index contributed by atoms with van der Waals surface area (Å²) in [5, 5.41) is 3.15. The summed E-state index contributed by atoms with van der Waals surface area (Å²) in [6, 6.07) is 7.18. The zero-order valence-corrected chi connectivity index (χ0v) is 14.8. The number of nitrogens with zero attached hydrogens (tertiary/aromatic N) is 3. The predicted molar refractivity (Wildman–Crippen MR) is 95.2 cm³/mol. The summed E-state index contributed by atoms with van der Waals surface area (Å²) in [7, 11) is 1.87. The van der Waals surface area contributed by atoms with E-state index in [1.54, 1.807) is 18.5 Å². The normalized spacial score (nSPS) is 11.8. The summed E-state index contributed by atoms with van der Waals surface area (Å²) in [5.74, 6) is 0.0583. The van der Waals surface area contributed by atoms with E-state index in [-0.39, 0.29) is 5.82 Å². The van der Waals surface area contributed by atoms with E-state index in [2.05, 4.69) is 15.3 Å². The van der Waals surface area contributed by atoms with Crippen LogP contribution in [-0.4, -0.2) is 29.8 Å². The van der Waals surface area contributed by atoms with Crippen molar-refractivity contribution in [1.82, 2.24) is 9.88 Å². The lowest BCUT2D eigenvalue weighted by atomic mass is 10.2. The van der Waals surface area contributed by atoms with Crippen LogP contribution in [-0.2, 0) is 6.18 Å². The number of rotatable bonds is 5. The highest BCUT2D eigenvalue weighted by molar-refractivity contribution is 6.35. The van der Waals surface area contributed by atoms with E-state index in [0.717, 1.165) is 18.2 Å². The fraction of sp³-hybridized carbons (Fsp3) is 0.294. The number of aryl methyl sites for hydroxylation is 1. The van der Waals surface area contributed by atoms with Crippen LogP contribution >= 0.6 is 11.6 Å².